The molecule has 0 aromatic heterocycles. The molecular formula is C17H29NO2. The van der Waals surface area contributed by atoms with Gasteiger partial charge >= 0.3 is 5.97 Å². The molecular weight excluding hydrogens is 250 g/mol. The van der Waals surface area contributed by atoms with E-state index in [0.29, 0.717) is 17.9 Å². The van der Waals surface area contributed by atoms with Crippen molar-refractivity contribution in [2.75, 3.05) is 0 Å². The van der Waals surface area contributed by atoms with Gasteiger partial charge < -0.3 is 10.4 Å². The number of fused-ring (bicyclic) bond motifs is 2. The summed E-state index contributed by atoms with van der Waals surface area (Å²) in [5.41, 5.74) is 0. The predicted octanol–water partition coefficient (Wildman–Crippen LogP) is 3.29. The Labute approximate surface area is 122 Å². The predicted molar refractivity (Wildman–Crippen MR) is 79.5 cm³/mol. The molecule has 3 aliphatic rings. The molecule has 0 aliphatic heterocycles. The first-order chi connectivity index (χ1) is 9.56. The molecule has 0 saturated heterocycles. The van der Waals surface area contributed by atoms with Crippen LogP contribution in [0.3, 0.4) is 0 Å². The largest absolute Gasteiger partial charge is 0.481 e. The number of hydrogen-bond acceptors (Lipinski definition) is 2. The number of rotatable bonds is 4. The van der Waals surface area contributed by atoms with Crippen LogP contribution >= 0.6 is 0 Å². The minimum absolute atomic E-state index is 0.117. The van der Waals surface area contributed by atoms with Crippen molar-refractivity contribution < 1.29 is 9.90 Å². The minimum Gasteiger partial charge on any atom is -0.481 e. The summed E-state index contributed by atoms with van der Waals surface area (Å²) in [6.07, 6.45) is 8.68. The van der Waals surface area contributed by atoms with Crippen LogP contribution in [0.5, 0.6) is 0 Å². The second-order valence-electron chi connectivity index (χ2n) is 7.76. The molecule has 0 heterocycles. The normalized spacial score (nSPS) is 44.1. The SMILES string of the molecule is CC(C)C1CCCC(NC2C3CCC(C3)C2C(=O)O)C1. The van der Waals surface area contributed by atoms with Crippen LogP contribution in [-0.4, -0.2) is 23.2 Å². The number of carbonyl (C=O) groups is 1. The van der Waals surface area contributed by atoms with Gasteiger partial charge in [0.25, 0.3) is 0 Å². The number of hydrogen-bond donors (Lipinski definition) is 2. The van der Waals surface area contributed by atoms with Crippen molar-refractivity contribution in [2.45, 2.75) is 70.9 Å². The Bertz CT molecular complexity index is 368. The van der Waals surface area contributed by atoms with E-state index in [1.165, 1.54) is 32.1 Å². The van der Waals surface area contributed by atoms with Gasteiger partial charge in [0.2, 0.25) is 0 Å². The fourth-order valence-electron chi connectivity index (χ4n) is 5.14. The number of carboxylic acid groups (broad SMARTS) is 1. The van der Waals surface area contributed by atoms with Crippen molar-refractivity contribution >= 4 is 5.97 Å². The smallest absolute Gasteiger partial charge is 0.308 e. The van der Waals surface area contributed by atoms with Crippen LogP contribution in [0.15, 0.2) is 0 Å². The van der Waals surface area contributed by atoms with Crippen molar-refractivity contribution in [1.29, 1.82) is 0 Å². The van der Waals surface area contributed by atoms with E-state index in [-0.39, 0.29) is 12.0 Å². The topological polar surface area (TPSA) is 49.3 Å². The Hall–Kier alpha value is -0.570. The third kappa shape index (κ3) is 2.61. The molecule has 3 fully saturated rings. The molecule has 114 valence electrons. The monoisotopic (exact) mass is 279 g/mol. The average Bonchev–Trinajstić information content (AvgIpc) is 2.99. The molecule has 0 aromatic rings. The Kier molecular flexibility index (Phi) is 4.07. The van der Waals surface area contributed by atoms with E-state index in [9.17, 15) is 9.90 Å². The zero-order valence-electron chi connectivity index (χ0n) is 12.8. The Morgan fingerprint density at radius 3 is 2.55 bits per heavy atom. The van der Waals surface area contributed by atoms with Crippen molar-refractivity contribution in [2.24, 2.45) is 29.6 Å². The highest BCUT2D eigenvalue weighted by Gasteiger charge is 2.51. The van der Waals surface area contributed by atoms with E-state index >= 15 is 0 Å². The van der Waals surface area contributed by atoms with Gasteiger partial charge in [-0.15, -0.1) is 0 Å². The first kappa shape index (κ1) is 14.4. The molecule has 3 rings (SSSR count). The van der Waals surface area contributed by atoms with Gasteiger partial charge in [-0.3, -0.25) is 4.79 Å². The molecule has 0 spiro atoms. The maximum Gasteiger partial charge on any atom is 0.308 e. The number of aliphatic carboxylic acids is 1. The van der Waals surface area contributed by atoms with Crippen molar-refractivity contribution in [3.8, 4) is 0 Å². The number of nitrogens with one attached hydrogen (secondary N) is 1. The molecule has 3 nitrogen and oxygen atoms in total. The molecule has 0 aromatic carbocycles. The summed E-state index contributed by atoms with van der Waals surface area (Å²) in [6.45, 7) is 4.65. The molecule has 6 atom stereocenters. The molecule has 2 bridgehead atoms. The van der Waals surface area contributed by atoms with Gasteiger partial charge in [-0.05, 0) is 55.8 Å². The Balaban J connectivity index is 1.63. The van der Waals surface area contributed by atoms with Gasteiger partial charge in [0.05, 0.1) is 5.92 Å². The second kappa shape index (κ2) is 5.67. The third-order valence-electron chi connectivity index (χ3n) is 6.29. The molecule has 6 unspecified atom stereocenters. The van der Waals surface area contributed by atoms with Gasteiger partial charge in [0.1, 0.15) is 0 Å². The highest BCUT2D eigenvalue weighted by Crippen LogP contribution is 2.49. The van der Waals surface area contributed by atoms with Crippen LogP contribution in [0.4, 0.5) is 0 Å². The quantitative estimate of drug-likeness (QED) is 0.830. The molecule has 0 radical (unpaired) electrons. The molecule has 0 amide bonds. The highest BCUT2D eigenvalue weighted by atomic mass is 16.4. The molecule has 2 N–H and O–H groups in total. The summed E-state index contributed by atoms with van der Waals surface area (Å²) < 4.78 is 0. The van der Waals surface area contributed by atoms with Crippen molar-refractivity contribution in [3.63, 3.8) is 0 Å². The van der Waals surface area contributed by atoms with Crippen LogP contribution in [-0.2, 0) is 4.79 Å². The van der Waals surface area contributed by atoms with Crippen LogP contribution in [0, 0.1) is 29.6 Å². The molecule has 20 heavy (non-hydrogen) atoms. The van der Waals surface area contributed by atoms with Crippen molar-refractivity contribution in [1.82, 2.24) is 5.32 Å². The van der Waals surface area contributed by atoms with Crippen LogP contribution in [0.2, 0.25) is 0 Å². The zero-order valence-corrected chi connectivity index (χ0v) is 12.8. The highest BCUT2D eigenvalue weighted by molar-refractivity contribution is 5.72. The van der Waals surface area contributed by atoms with E-state index in [0.717, 1.165) is 24.7 Å². The Morgan fingerprint density at radius 2 is 1.85 bits per heavy atom. The lowest BCUT2D eigenvalue weighted by Gasteiger charge is -2.37. The lowest BCUT2D eigenvalue weighted by atomic mass is 9.78. The molecule has 3 saturated carbocycles. The van der Waals surface area contributed by atoms with Gasteiger partial charge in [-0.2, -0.15) is 0 Å². The summed E-state index contributed by atoms with van der Waals surface area (Å²) in [6, 6.07) is 0.810. The number of carboxylic acids is 1. The van der Waals surface area contributed by atoms with E-state index in [1.54, 1.807) is 0 Å². The van der Waals surface area contributed by atoms with E-state index in [2.05, 4.69) is 19.2 Å². The Morgan fingerprint density at radius 1 is 1.10 bits per heavy atom. The first-order valence-electron chi connectivity index (χ1n) is 8.55. The summed E-state index contributed by atoms with van der Waals surface area (Å²) >= 11 is 0. The van der Waals surface area contributed by atoms with E-state index in [1.807, 2.05) is 0 Å². The van der Waals surface area contributed by atoms with Gasteiger partial charge in [0.15, 0.2) is 0 Å². The van der Waals surface area contributed by atoms with Gasteiger partial charge in [-0.1, -0.05) is 26.7 Å². The molecule has 3 aliphatic carbocycles. The fraction of sp³-hybridized carbons (Fsp3) is 0.941. The first-order valence-corrected chi connectivity index (χ1v) is 8.55. The lowest BCUT2D eigenvalue weighted by Crippen LogP contribution is -2.50. The fourth-order valence-corrected chi connectivity index (χ4v) is 5.14. The summed E-state index contributed by atoms with van der Waals surface area (Å²) in [5.74, 6) is 1.97. The summed E-state index contributed by atoms with van der Waals surface area (Å²) in [7, 11) is 0. The summed E-state index contributed by atoms with van der Waals surface area (Å²) in [5, 5.41) is 13.3. The van der Waals surface area contributed by atoms with E-state index in [4.69, 9.17) is 0 Å². The summed E-state index contributed by atoms with van der Waals surface area (Å²) in [4.78, 5) is 11.6. The van der Waals surface area contributed by atoms with Crippen molar-refractivity contribution in [3.05, 3.63) is 0 Å². The van der Waals surface area contributed by atoms with Crippen LogP contribution in [0.1, 0.15) is 58.8 Å². The van der Waals surface area contributed by atoms with Gasteiger partial charge in [-0.25, -0.2) is 0 Å². The van der Waals surface area contributed by atoms with E-state index < -0.39 is 5.97 Å². The maximum atomic E-state index is 11.6. The second-order valence-corrected chi connectivity index (χ2v) is 7.76. The van der Waals surface area contributed by atoms with Crippen LogP contribution < -0.4 is 5.32 Å². The zero-order chi connectivity index (χ0) is 14.3. The molecule has 3 heteroatoms. The average molecular weight is 279 g/mol. The van der Waals surface area contributed by atoms with Crippen LogP contribution in [0.25, 0.3) is 0 Å². The lowest BCUT2D eigenvalue weighted by molar-refractivity contribution is -0.144. The van der Waals surface area contributed by atoms with Gasteiger partial charge in [0, 0.05) is 12.1 Å². The standard InChI is InChI=1S/C17H29NO2/c1-10(2)11-4-3-5-14(9-11)18-16-13-7-6-12(8-13)15(16)17(19)20/h10-16,18H,3-9H2,1-2H3,(H,19,20). The maximum absolute atomic E-state index is 11.6. The third-order valence-corrected chi connectivity index (χ3v) is 6.29. The minimum atomic E-state index is -0.564.